The number of halogens is 1. The second-order valence-corrected chi connectivity index (χ2v) is 7.47. The van der Waals surface area contributed by atoms with E-state index >= 15 is 0 Å². The van der Waals surface area contributed by atoms with E-state index in [2.05, 4.69) is 21.2 Å². The molecule has 0 atom stereocenters. The molecule has 1 amide bonds. The first kappa shape index (κ1) is 15.6. The summed E-state index contributed by atoms with van der Waals surface area (Å²) in [6.07, 6.45) is 0.652. The second kappa shape index (κ2) is 6.65. The number of amides is 1. The SMILES string of the molecule is CCCN(CC(=O)NC)S(=O)(=O)c1sccc1Br. The van der Waals surface area contributed by atoms with E-state index in [1.165, 1.54) is 11.4 Å². The Kier molecular flexibility index (Phi) is 5.77. The third-order valence-electron chi connectivity index (χ3n) is 2.23. The molecule has 0 aliphatic carbocycles. The highest BCUT2D eigenvalue weighted by atomic mass is 79.9. The minimum Gasteiger partial charge on any atom is -0.358 e. The number of rotatable bonds is 6. The van der Waals surface area contributed by atoms with Gasteiger partial charge in [-0.1, -0.05) is 6.92 Å². The first-order chi connectivity index (χ1) is 8.43. The molecular weight excluding hydrogens is 340 g/mol. The minimum atomic E-state index is -3.61. The first-order valence-electron chi connectivity index (χ1n) is 5.37. The third kappa shape index (κ3) is 3.53. The van der Waals surface area contributed by atoms with Crippen LogP contribution in [-0.2, 0) is 14.8 Å². The van der Waals surface area contributed by atoms with Crippen molar-refractivity contribution in [2.45, 2.75) is 17.6 Å². The average molecular weight is 355 g/mol. The maximum Gasteiger partial charge on any atom is 0.254 e. The number of carbonyl (C=O) groups excluding carboxylic acids is 1. The molecule has 1 rings (SSSR count). The summed E-state index contributed by atoms with van der Waals surface area (Å²) in [5, 5.41) is 4.13. The van der Waals surface area contributed by atoms with E-state index in [1.54, 1.807) is 11.4 Å². The van der Waals surface area contributed by atoms with Gasteiger partial charge >= 0.3 is 0 Å². The van der Waals surface area contributed by atoms with E-state index in [-0.39, 0.29) is 16.7 Å². The van der Waals surface area contributed by atoms with Crippen molar-refractivity contribution in [1.29, 1.82) is 0 Å². The van der Waals surface area contributed by atoms with Crippen LogP contribution in [0.4, 0.5) is 0 Å². The molecule has 0 aromatic carbocycles. The molecule has 0 spiro atoms. The standard InChI is InChI=1S/C10H15BrN2O3S2/c1-3-5-13(7-9(14)12-2)18(15,16)10-8(11)4-6-17-10/h4,6H,3,5,7H2,1-2H3,(H,12,14). The maximum atomic E-state index is 12.4. The average Bonchev–Trinajstić information content (AvgIpc) is 2.75. The normalized spacial score (nSPS) is 11.8. The number of sulfonamides is 1. The van der Waals surface area contributed by atoms with Crippen molar-refractivity contribution in [2.24, 2.45) is 0 Å². The Hall–Kier alpha value is -0.440. The molecule has 102 valence electrons. The molecule has 1 aromatic rings. The van der Waals surface area contributed by atoms with Crippen LogP contribution in [0.5, 0.6) is 0 Å². The fourth-order valence-electron chi connectivity index (χ4n) is 1.35. The fourth-order valence-corrected chi connectivity index (χ4v) is 5.29. The zero-order chi connectivity index (χ0) is 13.8. The minimum absolute atomic E-state index is 0.156. The summed E-state index contributed by atoms with van der Waals surface area (Å²) in [6.45, 7) is 2.03. The molecule has 0 radical (unpaired) electrons. The van der Waals surface area contributed by atoms with Crippen LogP contribution in [0.25, 0.3) is 0 Å². The highest BCUT2D eigenvalue weighted by Gasteiger charge is 2.28. The molecule has 5 nitrogen and oxygen atoms in total. The highest BCUT2D eigenvalue weighted by Crippen LogP contribution is 2.30. The van der Waals surface area contributed by atoms with Gasteiger partial charge in [-0.3, -0.25) is 4.79 Å². The topological polar surface area (TPSA) is 66.5 Å². The lowest BCUT2D eigenvalue weighted by atomic mass is 10.4. The maximum absolute atomic E-state index is 12.4. The van der Waals surface area contributed by atoms with Gasteiger partial charge in [0, 0.05) is 18.1 Å². The molecule has 0 saturated carbocycles. The van der Waals surface area contributed by atoms with Crippen LogP contribution in [0.3, 0.4) is 0 Å². The number of hydrogen-bond donors (Lipinski definition) is 1. The molecule has 1 aromatic heterocycles. The number of likely N-dealkylation sites (N-methyl/N-ethyl adjacent to an activating group) is 1. The Balaban J connectivity index is 3.05. The fraction of sp³-hybridized carbons (Fsp3) is 0.500. The van der Waals surface area contributed by atoms with Crippen LogP contribution in [0, 0.1) is 0 Å². The van der Waals surface area contributed by atoms with Crippen LogP contribution in [0.15, 0.2) is 20.1 Å². The molecule has 0 aliphatic rings. The van der Waals surface area contributed by atoms with Crippen LogP contribution >= 0.6 is 27.3 Å². The van der Waals surface area contributed by atoms with E-state index in [0.717, 1.165) is 11.3 Å². The van der Waals surface area contributed by atoms with E-state index in [1.807, 2.05) is 6.92 Å². The summed E-state index contributed by atoms with van der Waals surface area (Å²) in [4.78, 5) is 11.4. The van der Waals surface area contributed by atoms with Gasteiger partial charge < -0.3 is 5.32 Å². The quantitative estimate of drug-likeness (QED) is 0.844. The zero-order valence-electron chi connectivity index (χ0n) is 10.1. The van der Waals surface area contributed by atoms with Crippen LogP contribution in [-0.4, -0.2) is 38.8 Å². The Morgan fingerprint density at radius 2 is 2.22 bits per heavy atom. The van der Waals surface area contributed by atoms with Gasteiger partial charge in [0.05, 0.1) is 6.54 Å². The molecular formula is C10H15BrN2O3S2. The zero-order valence-corrected chi connectivity index (χ0v) is 13.4. The third-order valence-corrected chi connectivity index (χ3v) is 6.72. The van der Waals surface area contributed by atoms with Crippen molar-refractivity contribution in [3.05, 3.63) is 15.9 Å². The summed E-state index contributed by atoms with van der Waals surface area (Å²) in [6, 6.07) is 1.68. The molecule has 0 aliphatic heterocycles. The van der Waals surface area contributed by atoms with Crippen LogP contribution < -0.4 is 5.32 Å². The van der Waals surface area contributed by atoms with Gasteiger partial charge in [0.2, 0.25) is 5.91 Å². The molecule has 0 fully saturated rings. The smallest absolute Gasteiger partial charge is 0.254 e. The van der Waals surface area contributed by atoms with Crippen molar-refractivity contribution in [3.8, 4) is 0 Å². The van der Waals surface area contributed by atoms with Gasteiger partial charge in [-0.25, -0.2) is 8.42 Å². The molecule has 0 saturated heterocycles. The van der Waals surface area contributed by atoms with Crippen molar-refractivity contribution < 1.29 is 13.2 Å². The number of carbonyl (C=O) groups is 1. The van der Waals surface area contributed by atoms with Gasteiger partial charge in [-0.2, -0.15) is 4.31 Å². The Labute approximate surface area is 119 Å². The lowest BCUT2D eigenvalue weighted by Gasteiger charge is -2.20. The van der Waals surface area contributed by atoms with E-state index in [0.29, 0.717) is 17.4 Å². The van der Waals surface area contributed by atoms with Crippen LogP contribution in [0.2, 0.25) is 0 Å². The predicted molar refractivity (Wildman–Crippen MR) is 75.1 cm³/mol. The van der Waals surface area contributed by atoms with Gasteiger partial charge in [0.1, 0.15) is 4.21 Å². The lowest BCUT2D eigenvalue weighted by Crippen LogP contribution is -2.39. The number of nitrogens with one attached hydrogen (secondary N) is 1. The summed E-state index contributed by atoms with van der Waals surface area (Å²) in [5.41, 5.74) is 0. The van der Waals surface area contributed by atoms with Crippen molar-refractivity contribution >= 4 is 43.2 Å². The molecule has 1 N–H and O–H groups in total. The molecule has 8 heteroatoms. The Bertz CT molecular complexity index is 513. The highest BCUT2D eigenvalue weighted by molar-refractivity contribution is 9.10. The summed E-state index contributed by atoms with van der Waals surface area (Å²) in [7, 11) is -2.13. The van der Waals surface area contributed by atoms with E-state index in [4.69, 9.17) is 0 Å². The van der Waals surface area contributed by atoms with E-state index < -0.39 is 10.0 Å². The molecule has 0 unspecified atom stereocenters. The van der Waals surface area contributed by atoms with Gasteiger partial charge in [-0.15, -0.1) is 11.3 Å². The van der Waals surface area contributed by atoms with Gasteiger partial charge in [0.15, 0.2) is 0 Å². The van der Waals surface area contributed by atoms with E-state index in [9.17, 15) is 13.2 Å². The second-order valence-electron chi connectivity index (χ2n) is 3.57. The summed E-state index contributed by atoms with van der Waals surface area (Å²) < 4.78 is 26.7. The number of hydrogen-bond acceptors (Lipinski definition) is 4. The summed E-state index contributed by atoms with van der Waals surface area (Å²) >= 11 is 4.35. The Morgan fingerprint density at radius 1 is 1.56 bits per heavy atom. The lowest BCUT2D eigenvalue weighted by molar-refractivity contribution is -0.120. The first-order valence-corrected chi connectivity index (χ1v) is 8.48. The van der Waals surface area contributed by atoms with Gasteiger partial charge in [-0.05, 0) is 33.8 Å². The van der Waals surface area contributed by atoms with Crippen molar-refractivity contribution in [3.63, 3.8) is 0 Å². The summed E-state index contributed by atoms with van der Waals surface area (Å²) in [5.74, 6) is -0.320. The number of thiophene rings is 1. The molecule has 18 heavy (non-hydrogen) atoms. The Morgan fingerprint density at radius 3 is 2.67 bits per heavy atom. The van der Waals surface area contributed by atoms with Crippen LogP contribution in [0.1, 0.15) is 13.3 Å². The largest absolute Gasteiger partial charge is 0.358 e. The molecule has 1 heterocycles. The van der Waals surface area contributed by atoms with Crippen molar-refractivity contribution in [1.82, 2.24) is 9.62 Å². The monoisotopic (exact) mass is 354 g/mol. The molecule has 0 bridgehead atoms. The number of nitrogens with zero attached hydrogens (tertiary/aromatic N) is 1. The van der Waals surface area contributed by atoms with Crippen molar-refractivity contribution in [2.75, 3.05) is 20.1 Å². The van der Waals surface area contributed by atoms with Gasteiger partial charge in [0.25, 0.3) is 10.0 Å². The predicted octanol–water partition coefficient (Wildman–Crippen LogP) is 1.66.